The molecule has 0 aromatic heterocycles. The van der Waals surface area contributed by atoms with Gasteiger partial charge in [0.25, 0.3) is 0 Å². The summed E-state index contributed by atoms with van der Waals surface area (Å²) in [6.45, 7) is 27.5. The second-order valence-corrected chi connectivity index (χ2v) is 27.4. The van der Waals surface area contributed by atoms with E-state index in [9.17, 15) is 4.79 Å². The first-order chi connectivity index (χ1) is 21.2. The van der Waals surface area contributed by atoms with Gasteiger partial charge < -0.3 is 18.3 Å². The number of hydrogen-bond donors (Lipinski definition) is 0. The molecule has 0 aromatic carbocycles. The average molecular weight is 681 g/mol. The molecule has 1 saturated heterocycles. The Morgan fingerprint density at radius 2 is 1.70 bits per heavy atom. The molecule has 2 aliphatic carbocycles. The van der Waals surface area contributed by atoms with Gasteiger partial charge in [-0.15, -0.1) is 0 Å². The van der Waals surface area contributed by atoms with Gasteiger partial charge in [0.1, 0.15) is 11.9 Å². The first-order valence-electron chi connectivity index (χ1n) is 18.3. The third-order valence-electron chi connectivity index (χ3n) is 12.1. The van der Waals surface area contributed by atoms with E-state index in [0.717, 1.165) is 25.7 Å². The lowest BCUT2D eigenvalue weighted by Crippen LogP contribution is -2.45. The molecule has 1 aliphatic heterocycles. The van der Waals surface area contributed by atoms with Crippen LogP contribution in [0.1, 0.15) is 113 Å². The molecule has 46 heavy (non-hydrogen) atoms. The van der Waals surface area contributed by atoms with Crippen molar-refractivity contribution in [3.8, 4) is 0 Å². The standard InChI is InChI=1S/C38H69FO5Si2/c1-14-15-17-26(2)22-29(43-45(10,11)37(3,4)5)20-21-30-31(44-46(12,13)38(6,7)8)25-32-34(30)35(39)33(42-32)24-27-18-16-19-28(23-27)36(40)41-9/h20-21,24,26-32,34-35H,14-19,22-23,25H2,1-13H3/b21-20+,33-24-/t26-,27?,28?,29+,30-,31+,32-,34+,35-/m0/s1. The number of fused-ring (bicyclic) bond motifs is 1. The van der Waals surface area contributed by atoms with Crippen LogP contribution >= 0.6 is 0 Å². The molecule has 3 rings (SSSR count). The predicted molar refractivity (Wildman–Crippen MR) is 193 cm³/mol. The normalized spacial score (nSPS) is 31.6. The lowest BCUT2D eigenvalue weighted by Gasteiger charge is -2.40. The van der Waals surface area contributed by atoms with Gasteiger partial charge in [-0.1, -0.05) is 93.2 Å². The number of rotatable bonds is 13. The molecule has 0 N–H and O–H groups in total. The van der Waals surface area contributed by atoms with Crippen LogP contribution in [-0.4, -0.2) is 54.2 Å². The van der Waals surface area contributed by atoms with Gasteiger partial charge in [-0.25, -0.2) is 4.39 Å². The van der Waals surface area contributed by atoms with Crippen molar-refractivity contribution < 1.29 is 27.5 Å². The number of ether oxygens (including phenoxy) is 2. The van der Waals surface area contributed by atoms with Crippen LogP contribution in [0.3, 0.4) is 0 Å². The smallest absolute Gasteiger partial charge is 0.308 e. The van der Waals surface area contributed by atoms with Crippen LogP contribution in [0.4, 0.5) is 4.39 Å². The number of esters is 1. The molecule has 3 fully saturated rings. The van der Waals surface area contributed by atoms with Crippen molar-refractivity contribution in [1.82, 2.24) is 0 Å². The van der Waals surface area contributed by atoms with E-state index in [0.29, 0.717) is 24.5 Å². The summed E-state index contributed by atoms with van der Waals surface area (Å²) in [5.74, 6) is 0.502. The summed E-state index contributed by atoms with van der Waals surface area (Å²) in [5, 5.41) is 0.160. The van der Waals surface area contributed by atoms with Crippen LogP contribution in [0.2, 0.25) is 36.3 Å². The SMILES string of the molecule is CCCC[C@H](C)C[C@@H](/C=C/[C@@H]1[C@@H]2[C@H](C[C@H]1O[Si](C)(C)C(C)(C)C)O/C(=C\C1CCCC(C(=O)OC)C1)[C@@H]2F)O[Si](C)(C)C(C)(C)C. The van der Waals surface area contributed by atoms with Gasteiger partial charge in [-0.05, 0) is 79.9 Å². The number of methoxy groups -OCH3 is 1. The van der Waals surface area contributed by atoms with E-state index in [1.54, 1.807) is 0 Å². The Bertz CT molecular complexity index is 1060. The summed E-state index contributed by atoms with van der Waals surface area (Å²) < 4.78 is 42.2. The fourth-order valence-corrected chi connectivity index (χ4v) is 9.73. The van der Waals surface area contributed by atoms with Gasteiger partial charge in [0.15, 0.2) is 22.8 Å². The maximum Gasteiger partial charge on any atom is 0.308 e. The molecule has 0 spiro atoms. The van der Waals surface area contributed by atoms with Crippen molar-refractivity contribution in [2.45, 2.75) is 174 Å². The topological polar surface area (TPSA) is 54.0 Å². The van der Waals surface area contributed by atoms with Crippen molar-refractivity contribution in [2.75, 3.05) is 7.11 Å². The molecule has 0 amide bonds. The molecule has 9 atom stereocenters. The maximum atomic E-state index is 16.6. The van der Waals surface area contributed by atoms with Crippen LogP contribution in [0.15, 0.2) is 24.0 Å². The van der Waals surface area contributed by atoms with Gasteiger partial charge in [0.05, 0.1) is 25.2 Å². The van der Waals surface area contributed by atoms with E-state index in [1.165, 1.54) is 26.4 Å². The Morgan fingerprint density at radius 1 is 1.04 bits per heavy atom. The fraction of sp³-hybridized carbons (Fsp3) is 0.868. The summed E-state index contributed by atoms with van der Waals surface area (Å²) in [7, 11) is -2.69. The van der Waals surface area contributed by atoms with E-state index in [2.05, 4.69) is 93.7 Å². The Labute approximate surface area is 284 Å². The summed E-state index contributed by atoms with van der Waals surface area (Å²) in [5.41, 5.74) is 0. The summed E-state index contributed by atoms with van der Waals surface area (Å²) in [6, 6.07) is 0. The Kier molecular flexibility index (Phi) is 13.5. The maximum absolute atomic E-state index is 16.6. The molecule has 266 valence electrons. The molecule has 0 aromatic rings. The highest BCUT2D eigenvalue weighted by Crippen LogP contribution is 2.51. The quantitative estimate of drug-likeness (QED) is 0.110. The molecular formula is C38H69FO5Si2. The Morgan fingerprint density at radius 3 is 2.28 bits per heavy atom. The van der Waals surface area contributed by atoms with E-state index in [-0.39, 0.29) is 58.0 Å². The first-order valence-corrected chi connectivity index (χ1v) is 24.2. The molecule has 2 unspecified atom stereocenters. The van der Waals surface area contributed by atoms with E-state index < -0.39 is 22.8 Å². The summed E-state index contributed by atoms with van der Waals surface area (Å²) in [4.78, 5) is 12.2. The van der Waals surface area contributed by atoms with Crippen LogP contribution in [-0.2, 0) is 23.1 Å². The van der Waals surface area contributed by atoms with Crippen molar-refractivity contribution >= 4 is 22.6 Å². The molecule has 8 heteroatoms. The van der Waals surface area contributed by atoms with Gasteiger partial charge in [0.2, 0.25) is 0 Å². The number of unbranched alkanes of at least 4 members (excludes halogenated alkanes) is 1. The first kappa shape index (κ1) is 39.5. The molecular weight excluding hydrogens is 612 g/mol. The van der Waals surface area contributed by atoms with Crippen LogP contribution in [0.5, 0.6) is 0 Å². The lowest BCUT2D eigenvalue weighted by atomic mass is 9.80. The Hall–Kier alpha value is -0.966. The minimum Gasteiger partial charge on any atom is -0.491 e. The number of allylic oxidation sites excluding steroid dienone is 2. The number of hydrogen-bond acceptors (Lipinski definition) is 5. The van der Waals surface area contributed by atoms with Crippen LogP contribution in [0, 0.1) is 29.6 Å². The molecule has 1 heterocycles. The van der Waals surface area contributed by atoms with Crippen LogP contribution in [0.25, 0.3) is 0 Å². The van der Waals surface area contributed by atoms with Crippen molar-refractivity contribution in [3.63, 3.8) is 0 Å². The second-order valence-electron chi connectivity index (χ2n) is 17.9. The van der Waals surface area contributed by atoms with Gasteiger partial charge >= 0.3 is 5.97 Å². The van der Waals surface area contributed by atoms with Crippen LogP contribution < -0.4 is 0 Å². The number of alkyl halides is 1. The van der Waals surface area contributed by atoms with Crippen molar-refractivity contribution in [2.24, 2.45) is 29.6 Å². The third kappa shape index (κ3) is 9.81. The number of halogens is 1. The average Bonchev–Trinajstić information content (AvgIpc) is 3.42. The van der Waals surface area contributed by atoms with Crippen molar-refractivity contribution in [3.05, 3.63) is 24.0 Å². The zero-order valence-electron chi connectivity index (χ0n) is 31.7. The van der Waals surface area contributed by atoms with Gasteiger partial charge in [-0.2, -0.15) is 0 Å². The number of carbonyl (C=O) groups is 1. The monoisotopic (exact) mass is 680 g/mol. The second kappa shape index (κ2) is 15.7. The third-order valence-corrected chi connectivity index (χ3v) is 21.1. The zero-order valence-corrected chi connectivity index (χ0v) is 33.7. The minimum atomic E-state index is -2.11. The lowest BCUT2D eigenvalue weighted by molar-refractivity contribution is -0.146. The predicted octanol–water partition coefficient (Wildman–Crippen LogP) is 10.8. The zero-order chi connectivity index (χ0) is 34.7. The van der Waals surface area contributed by atoms with E-state index in [4.69, 9.17) is 18.3 Å². The largest absolute Gasteiger partial charge is 0.491 e. The van der Waals surface area contributed by atoms with Gasteiger partial charge in [-0.3, -0.25) is 4.79 Å². The minimum absolute atomic E-state index is 0.00629. The highest BCUT2D eigenvalue weighted by Gasteiger charge is 2.56. The van der Waals surface area contributed by atoms with E-state index >= 15 is 4.39 Å². The molecule has 2 saturated carbocycles. The Balaban J connectivity index is 1.92. The summed E-state index contributed by atoms with van der Waals surface area (Å²) in [6.07, 6.45) is 13.8. The molecule has 5 nitrogen and oxygen atoms in total. The van der Waals surface area contributed by atoms with Gasteiger partial charge in [0, 0.05) is 18.3 Å². The van der Waals surface area contributed by atoms with E-state index in [1.807, 2.05) is 6.08 Å². The highest BCUT2D eigenvalue weighted by molar-refractivity contribution is 6.74. The fourth-order valence-electron chi connectivity index (χ4n) is 7.08. The molecule has 0 bridgehead atoms. The molecule has 3 aliphatic rings. The number of carbonyl (C=O) groups excluding carboxylic acids is 1. The molecule has 0 radical (unpaired) electrons. The summed E-state index contributed by atoms with van der Waals surface area (Å²) >= 11 is 0. The van der Waals surface area contributed by atoms with Crippen molar-refractivity contribution in [1.29, 1.82) is 0 Å². The highest BCUT2D eigenvalue weighted by atomic mass is 28.4.